The summed E-state index contributed by atoms with van der Waals surface area (Å²) in [5.74, 6) is 1.56. The van der Waals surface area contributed by atoms with Crippen LogP contribution in [0, 0.1) is 12.3 Å². The Morgan fingerprint density at radius 1 is 1.29 bits per heavy atom. The van der Waals surface area contributed by atoms with Gasteiger partial charge in [0.2, 0.25) is 5.82 Å². The molecule has 180 valence electrons. The lowest BCUT2D eigenvalue weighted by Crippen LogP contribution is -2.36. The molecule has 0 radical (unpaired) electrons. The summed E-state index contributed by atoms with van der Waals surface area (Å²) in [4.78, 5) is 11.3. The van der Waals surface area contributed by atoms with Crippen molar-refractivity contribution in [3.63, 3.8) is 0 Å². The first-order chi connectivity index (χ1) is 16.5. The zero-order valence-corrected chi connectivity index (χ0v) is 19.7. The second kappa shape index (κ2) is 10.9. The van der Waals surface area contributed by atoms with Gasteiger partial charge in [-0.15, -0.1) is 0 Å². The quantitative estimate of drug-likeness (QED) is 0.356. The monoisotopic (exact) mass is 464 g/mol. The first-order valence-corrected chi connectivity index (χ1v) is 11.8. The maximum Gasteiger partial charge on any atom is 0.259 e. The SMILES string of the molecule is CCCNc1ncc(-c2nc(-c3ccc4c(c3C)CCN(C[C@H](O)CO)CC4)no2)cc1C=N. The summed E-state index contributed by atoms with van der Waals surface area (Å²) in [6.07, 6.45) is 4.96. The molecule has 1 atom stereocenters. The van der Waals surface area contributed by atoms with Crippen LogP contribution in [0.15, 0.2) is 28.9 Å². The number of aromatic nitrogens is 3. The van der Waals surface area contributed by atoms with Crippen molar-refractivity contribution < 1.29 is 14.7 Å². The lowest BCUT2D eigenvalue weighted by molar-refractivity contribution is 0.0604. The average Bonchev–Trinajstić information content (AvgIpc) is 3.25. The van der Waals surface area contributed by atoms with Crippen molar-refractivity contribution in [1.82, 2.24) is 20.0 Å². The van der Waals surface area contributed by atoms with Crippen LogP contribution >= 0.6 is 0 Å². The number of hydrogen-bond acceptors (Lipinski definition) is 9. The van der Waals surface area contributed by atoms with Gasteiger partial charge in [-0.25, -0.2) is 4.98 Å². The standard InChI is InChI=1S/C25H32N6O3/c1-3-8-27-23-18(12-26)11-19(13-28-23)25-29-24(30-34-25)22-5-4-17-6-9-31(14-20(33)15-32)10-7-21(17)16(22)2/h4-5,11-13,20,26,32-33H,3,6-10,14-15H2,1-2H3,(H,27,28)/t20-/m0/s1. The molecule has 4 N–H and O–H groups in total. The fourth-order valence-electron chi connectivity index (χ4n) is 4.39. The lowest BCUT2D eigenvalue weighted by Gasteiger charge is -2.21. The van der Waals surface area contributed by atoms with Gasteiger partial charge in [0.1, 0.15) is 5.82 Å². The van der Waals surface area contributed by atoms with E-state index in [2.05, 4.69) is 45.3 Å². The summed E-state index contributed by atoms with van der Waals surface area (Å²) in [5.41, 5.74) is 5.98. The molecule has 0 spiro atoms. The predicted molar refractivity (Wildman–Crippen MR) is 131 cm³/mol. The summed E-state index contributed by atoms with van der Waals surface area (Å²) >= 11 is 0. The Labute approximate surface area is 199 Å². The number of pyridine rings is 1. The van der Waals surface area contributed by atoms with Crippen LogP contribution in [-0.4, -0.2) is 75.3 Å². The largest absolute Gasteiger partial charge is 0.394 e. The van der Waals surface area contributed by atoms with Crippen molar-refractivity contribution in [1.29, 1.82) is 5.41 Å². The Kier molecular flexibility index (Phi) is 7.66. The minimum atomic E-state index is -0.713. The highest BCUT2D eigenvalue weighted by Gasteiger charge is 2.21. The number of nitrogens with zero attached hydrogens (tertiary/aromatic N) is 4. The van der Waals surface area contributed by atoms with Crippen LogP contribution < -0.4 is 5.32 Å². The molecule has 3 heterocycles. The van der Waals surface area contributed by atoms with E-state index in [1.807, 2.05) is 12.1 Å². The normalized spacial score (nSPS) is 14.9. The van der Waals surface area contributed by atoms with E-state index in [0.717, 1.165) is 50.0 Å². The first-order valence-electron chi connectivity index (χ1n) is 11.8. The molecule has 4 rings (SSSR count). The maximum atomic E-state index is 9.81. The van der Waals surface area contributed by atoms with Crippen LogP contribution in [0.5, 0.6) is 0 Å². The Morgan fingerprint density at radius 3 is 2.88 bits per heavy atom. The molecule has 0 fully saturated rings. The fraction of sp³-hybridized carbons (Fsp3) is 0.440. The second-order valence-corrected chi connectivity index (χ2v) is 8.67. The number of nitrogens with one attached hydrogen (secondary N) is 2. The highest BCUT2D eigenvalue weighted by molar-refractivity contribution is 5.86. The molecule has 1 aromatic carbocycles. The summed E-state index contributed by atoms with van der Waals surface area (Å²) in [7, 11) is 0. The van der Waals surface area contributed by atoms with Gasteiger partial charge in [0.15, 0.2) is 0 Å². The molecule has 0 saturated heterocycles. The molecule has 0 amide bonds. The first kappa shape index (κ1) is 24.0. The summed E-state index contributed by atoms with van der Waals surface area (Å²) in [5, 5.41) is 34.1. The summed E-state index contributed by atoms with van der Waals surface area (Å²) < 4.78 is 5.57. The topological polar surface area (TPSA) is 131 Å². The van der Waals surface area contributed by atoms with Gasteiger partial charge in [-0.3, -0.25) is 0 Å². The van der Waals surface area contributed by atoms with E-state index < -0.39 is 6.10 Å². The molecule has 34 heavy (non-hydrogen) atoms. The van der Waals surface area contributed by atoms with Gasteiger partial charge in [-0.1, -0.05) is 24.2 Å². The molecule has 0 aliphatic carbocycles. The van der Waals surface area contributed by atoms with Gasteiger partial charge >= 0.3 is 0 Å². The molecular formula is C25H32N6O3. The number of anilines is 1. The number of benzene rings is 1. The van der Waals surface area contributed by atoms with Crippen molar-refractivity contribution >= 4 is 12.0 Å². The highest BCUT2D eigenvalue weighted by atomic mass is 16.5. The lowest BCUT2D eigenvalue weighted by atomic mass is 9.93. The van der Waals surface area contributed by atoms with E-state index >= 15 is 0 Å². The number of aliphatic hydroxyl groups is 2. The fourth-order valence-corrected chi connectivity index (χ4v) is 4.39. The van der Waals surface area contributed by atoms with Gasteiger partial charge in [0, 0.05) is 49.7 Å². The van der Waals surface area contributed by atoms with E-state index in [-0.39, 0.29) is 6.61 Å². The second-order valence-electron chi connectivity index (χ2n) is 8.67. The summed E-state index contributed by atoms with van der Waals surface area (Å²) in [6.45, 7) is 6.88. The predicted octanol–water partition coefficient (Wildman–Crippen LogP) is 2.68. The number of β-amino-alcohol motifs (C(OH)–C–C–N with tert-alkyl or cyclic N) is 1. The van der Waals surface area contributed by atoms with Gasteiger partial charge in [-0.05, 0) is 48.9 Å². The number of fused-ring (bicyclic) bond motifs is 1. The highest BCUT2D eigenvalue weighted by Crippen LogP contribution is 2.30. The molecular weight excluding hydrogens is 432 g/mol. The van der Waals surface area contributed by atoms with Gasteiger partial charge in [0.05, 0.1) is 18.3 Å². The zero-order chi connectivity index (χ0) is 24.1. The van der Waals surface area contributed by atoms with Gasteiger partial charge in [0.25, 0.3) is 5.89 Å². The Morgan fingerprint density at radius 2 is 2.12 bits per heavy atom. The van der Waals surface area contributed by atoms with Crippen molar-refractivity contribution in [3.8, 4) is 22.8 Å². The molecule has 1 aliphatic heterocycles. The zero-order valence-electron chi connectivity index (χ0n) is 19.7. The smallest absolute Gasteiger partial charge is 0.259 e. The van der Waals surface area contributed by atoms with Crippen molar-refractivity contribution in [2.75, 3.05) is 38.1 Å². The van der Waals surface area contributed by atoms with Crippen molar-refractivity contribution in [3.05, 3.63) is 46.6 Å². The molecule has 1 aliphatic rings. The number of rotatable bonds is 9. The van der Waals surface area contributed by atoms with Crippen LogP contribution in [0.25, 0.3) is 22.8 Å². The minimum absolute atomic E-state index is 0.221. The molecule has 0 unspecified atom stereocenters. The maximum absolute atomic E-state index is 9.81. The van der Waals surface area contributed by atoms with E-state index in [1.165, 1.54) is 17.3 Å². The Bertz CT molecular complexity index is 1150. The van der Waals surface area contributed by atoms with E-state index in [4.69, 9.17) is 15.0 Å². The van der Waals surface area contributed by atoms with E-state index in [0.29, 0.717) is 35.2 Å². The third kappa shape index (κ3) is 5.16. The van der Waals surface area contributed by atoms with E-state index in [9.17, 15) is 5.11 Å². The number of aliphatic hydroxyl groups excluding tert-OH is 2. The van der Waals surface area contributed by atoms with Gasteiger partial charge in [-0.2, -0.15) is 4.98 Å². The van der Waals surface area contributed by atoms with Crippen LogP contribution in [-0.2, 0) is 12.8 Å². The van der Waals surface area contributed by atoms with E-state index in [1.54, 1.807) is 6.20 Å². The van der Waals surface area contributed by atoms with Gasteiger partial charge < -0.3 is 30.4 Å². The van der Waals surface area contributed by atoms with Crippen LogP contribution in [0.1, 0.15) is 35.6 Å². The number of hydrogen-bond donors (Lipinski definition) is 4. The summed E-state index contributed by atoms with van der Waals surface area (Å²) in [6, 6.07) is 6.00. The third-order valence-corrected chi connectivity index (χ3v) is 6.28. The molecule has 0 bridgehead atoms. The average molecular weight is 465 g/mol. The molecule has 2 aromatic heterocycles. The van der Waals surface area contributed by atoms with Crippen LogP contribution in [0.2, 0.25) is 0 Å². The van der Waals surface area contributed by atoms with Crippen LogP contribution in [0.4, 0.5) is 5.82 Å². The van der Waals surface area contributed by atoms with Crippen LogP contribution in [0.3, 0.4) is 0 Å². The Balaban J connectivity index is 1.56. The molecule has 9 nitrogen and oxygen atoms in total. The van der Waals surface area contributed by atoms with Crippen molar-refractivity contribution in [2.45, 2.75) is 39.2 Å². The van der Waals surface area contributed by atoms with Crippen molar-refractivity contribution in [2.24, 2.45) is 0 Å². The Hall–Kier alpha value is -3.14. The third-order valence-electron chi connectivity index (χ3n) is 6.28. The minimum Gasteiger partial charge on any atom is -0.394 e. The molecule has 3 aromatic rings. The molecule has 9 heteroatoms. The molecule has 0 saturated carbocycles.